The lowest BCUT2D eigenvalue weighted by molar-refractivity contribution is 0.0940. The van der Waals surface area contributed by atoms with E-state index >= 15 is 0 Å². The van der Waals surface area contributed by atoms with Gasteiger partial charge in [0.25, 0.3) is 5.91 Å². The van der Waals surface area contributed by atoms with Gasteiger partial charge in [-0.05, 0) is 41.8 Å². The Kier molecular flexibility index (Phi) is 5.36. The predicted octanol–water partition coefficient (Wildman–Crippen LogP) is 2.51. The van der Waals surface area contributed by atoms with E-state index in [4.69, 9.17) is 5.11 Å². The van der Waals surface area contributed by atoms with Gasteiger partial charge in [0.1, 0.15) is 6.61 Å². The van der Waals surface area contributed by atoms with Crippen molar-refractivity contribution in [2.24, 2.45) is 0 Å². The lowest BCUT2D eigenvalue weighted by Crippen LogP contribution is -2.33. The highest BCUT2D eigenvalue weighted by Gasteiger charge is 2.12. The number of carbonyl (C=O) groups is 1. The first-order valence-corrected chi connectivity index (χ1v) is 8.01. The maximum absolute atomic E-state index is 12.1. The van der Waals surface area contributed by atoms with E-state index in [-0.39, 0.29) is 18.6 Å². The Bertz CT molecular complexity index is 620. The topological polar surface area (TPSA) is 49.3 Å². The monoisotopic (exact) mass is 305 g/mol. The molecule has 5 heteroatoms. The summed E-state index contributed by atoms with van der Waals surface area (Å²) in [5, 5.41) is 17.5. The molecule has 2 aromatic rings. The van der Waals surface area contributed by atoms with Crippen LogP contribution in [0.3, 0.4) is 0 Å². The highest BCUT2D eigenvalue weighted by Crippen LogP contribution is 2.14. The van der Waals surface area contributed by atoms with Crippen molar-refractivity contribution in [3.05, 3.63) is 44.3 Å². The predicted molar refractivity (Wildman–Crippen MR) is 83.2 cm³/mol. The van der Waals surface area contributed by atoms with E-state index in [1.54, 1.807) is 22.8 Å². The second-order valence-electron chi connectivity index (χ2n) is 4.37. The van der Waals surface area contributed by atoms with E-state index < -0.39 is 0 Å². The smallest absolute Gasteiger partial charge is 0.252 e. The Labute approximate surface area is 126 Å². The van der Waals surface area contributed by atoms with Gasteiger partial charge in [0.2, 0.25) is 0 Å². The molecule has 2 aromatic heterocycles. The van der Waals surface area contributed by atoms with Crippen molar-refractivity contribution in [2.75, 3.05) is 6.61 Å². The highest BCUT2D eigenvalue weighted by atomic mass is 32.1. The molecule has 20 heavy (non-hydrogen) atoms. The summed E-state index contributed by atoms with van der Waals surface area (Å²) in [5.41, 5.74) is 1.86. The van der Waals surface area contributed by atoms with Crippen molar-refractivity contribution in [3.63, 3.8) is 0 Å². The molecule has 0 aliphatic rings. The van der Waals surface area contributed by atoms with Crippen LogP contribution in [-0.4, -0.2) is 23.7 Å². The number of hydrogen-bond acceptors (Lipinski definition) is 4. The van der Waals surface area contributed by atoms with E-state index in [9.17, 15) is 4.79 Å². The minimum atomic E-state index is -0.170. The van der Waals surface area contributed by atoms with Gasteiger partial charge in [0.05, 0.1) is 10.4 Å². The van der Waals surface area contributed by atoms with E-state index in [0.717, 1.165) is 11.3 Å². The molecule has 0 saturated carbocycles. The Hall–Kier alpha value is -1.61. The molecule has 0 radical (unpaired) electrons. The zero-order chi connectivity index (χ0) is 14.4. The molecule has 0 fully saturated rings. The number of aliphatic hydroxyl groups is 1. The number of rotatable bonds is 4. The van der Waals surface area contributed by atoms with E-state index in [2.05, 4.69) is 28.6 Å². The van der Waals surface area contributed by atoms with Crippen molar-refractivity contribution in [2.45, 2.75) is 19.4 Å². The third-order valence-electron chi connectivity index (χ3n) is 2.65. The van der Waals surface area contributed by atoms with Crippen LogP contribution in [0.1, 0.15) is 27.7 Å². The number of hydrogen-bond donors (Lipinski definition) is 2. The third kappa shape index (κ3) is 4.20. The minimum absolute atomic E-state index is 0.0824. The van der Waals surface area contributed by atoms with E-state index in [1.807, 2.05) is 12.3 Å². The fourth-order valence-corrected chi connectivity index (χ4v) is 3.20. The Morgan fingerprint density at radius 2 is 2.35 bits per heavy atom. The molecule has 0 spiro atoms. The molecule has 2 rings (SSSR count). The molecular formula is C15H15NO2S2. The fourth-order valence-electron chi connectivity index (χ4n) is 1.77. The summed E-state index contributed by atoms with van der Waals surface area (Å²) in [4.78, 5) is 12.9. The van der Waals surface area contributed by atoms with Gasteiger partial charge >= 0.3 is 0 Å². The molecule has 3 nitrogen and oxygen atoms in total. The van der Waals surface area contributed by atoms with Crippen molar-refractivity contribution in [1.29, 1.82) is 0 Å². The van der Waals surface area contributed by atoms with Crippen LogP contribution in [0, 0.1) is 11.8 Å². The van der Waals surface area contributed by atoms with Crippen LogP contribution in [0.2, 0.25) is 0 Å². The van der Waals surface area contributed by atoms with Crippen molar-refractivity contribution in [1.82, 2.24) is 5.32 Å². The average Bonchev–Trinajstić information content (AvgIpc) is 3.07. The van der Waals surface area contributed by atoms with Crippen LogP contribution in [-0.2, 0) is 6.42 Å². The molecule has 0 aliphatic heterocycles. The van der Waals surface area contributed by atoms with Gasteiger partial charge in [-0.15, -0.1) is 11.3 Å². The fraction of sp³-hybridized carbons (Fsp3) is 0.267. The molecule has 104 valence electrons. The van der Waals surface area contributed by atoms with Crippen LogP contribution >= 0.6 is 22.7 Å². The molecule has 1 atom stereocenters. The Morgan fingerprint density at radius 3 is 3.05 bits per heavy atom. The second-order valence-corrected chi connectivity index (χ2v) is 6.06. The Balaban J connectivity index is 1.92. The second kappa shape index (κ2) is 7.25. The summed E-state index contributed by atoms with van der Waals surface area (Å²) in [5.74, 6) is 5.29. The van der Waals surface area contributed by atoms with E-state index in [0.29, 0.717) is 5.56 Å². The number of aliphatic hydroxyl groups excluding tert-OH is 1. The van der Waals surface area contributed by atoms with Crippen LogP contribution < -0.4 is 5.32 Å². The summed E-state index contributed by atoms with van der Waals surface area (Å²) in [7, 11) is 0. The highest BCUT2D eigenvalue weighted by molar-refractivity contribution is 7.10. The summed E-state index contributed by atoms with van der Waals surface area (Å²) < 4.78 is 0. The first-order valence-electron chi connectivity index (χ1n) is 6.19. The van der Waals surface area contributed by atoms with Gasteiger partial charge < -0.3 is 10.4 Å². The van der Waals surface area contributed by atoms with Crippen LogP contribution in [0.25, 0.3) is 0 Å². The molecule has 2 heterocycles. The lowest BCUT2D eigenvalue weighted by Gasteiger charge is -2.12. The van der Waals surface area contributed by atoms with Gasteiger partial charge in [-0.2, -0.15) is 11.3 Å². The maximum Gasteiger partial charge on any atom is 0.252 e. The quantitative estimate of drug-likeness (QED) is 0.853. The van der Waals surface area contributed by atoms with Gasteiger partial charge in [-0.1, -0.05) is 11.8 Å². The first-order chi connectivity index (χ1) is 9.69. The molecule has 0 saturated heterocycles. The zero-order valence-electron chi connectivity index (χ0n) is 11.1. The summed E-state index contributed by atoms with van der Waals surface area (Å²) in [6.07, 6.45) is 0.830. The molecule has 0 bridgehead atoms. The van der Waals surface area contributed by atoms with Crippen LogP contribution in [0.4, 0.5) is 0 Å². The van der Waals surface area contributed by atoms with Crippen LogP contribution in [0.5, 0.6) is 0 Å². The van der Waals surface area contributed by atoms with Gasteiger partial charge in [-0.25, -0.2) is 0 Å². The number of nitrogens with one attached hydrogen (secondary N) is 1. The standard InChI is InChI=1S/C15H15NO2S2/c1-11(7-12-4-6-19-9-12)16-15(18)13-8-14(20-10-13)3-2-5-17/h4,6,8-11,17H,5,7H2,1H3,(H,16,18). The van der Waals surface area contributed by atoms with Gasteiger partial charge in [0, 0.05) is 11.4 Å². The lowest BCUT2D eigenvalue weighted by atomic mass is 10.1. The zero-order valence-corrected chi connectivity index (χ0v) is 12.7. The summed E-state index contributed by atoms with van der Waals surface area (Å²) in [6.45, 7) is 1.82. The number of amides is 1. The largest absolute Gasteiger partial charge is 0.384 e. The number of thiophene rings is 2. The summed E-state index contributed by atoms with van der Waals surface area (Å²) in [6, 6.07) is 3.91. The SMILES string of the molecule is CC(Cc1ccsc1)NC(=O)c1csc(C#CCO)c1. The van der Waals surface area contributed by atoms with Gasteiger partial charge in [0.15, 0.2) is 0 Å². The minimum Gasteiger partial charge on any atom is -0.384 e. The average molecular weight is 305 g/mol. The molecule has 0 aromatic carbocycles. The molecule has 1 unspecified atom stereocenters. The number of carbonyl (C=O) groups excluding carboxylic acids is 1. The van der Waals surface area contributed by atoms with Crippen molar-refractivity contribution in [3.8, 4) is 11.8 Å². The van der Waals surface area contributed by atoms with Crippen molar-refractivity contribution < 1.29 is 9.90 Å². The molecule has 0 aliphatic carbocycles. The summed E-state index contributed by atoms with van der Waals surface area (Å²) >= 11 is 3.07. The maximum atomic E-state index is 12.1. The molecule has 1 amide bonds. The molecular weight excluding hydrogens is 290 g/mol. The third-order valence-corrected chi connectivity index (χ3v) is 4.23. The van der Waals surface area contributed by atoms with E-state index in [1.165, 1.54) is 16.9 Å². The van der Waals surface area contributed by atoms with Crippen LogP contribution in [0.15, 0.2) is 28.3 Å². The Morgan fingerprint density at radius 1 is 1.50 bits per heavy atom. The normalized spacial score (nSPS) is 11.5. The first kappa shape index (κ1) is 14.8. The van der Waals surface area contributed by atoms with Crippen molar-refractivity contribution >= 4 is 28.6 Å². The van der Waals surface area contributed by atoms with Gasteiger partial charge in [-0.3, -0.25) is 4.79 Å². The molecule has 2 N–H and O–H groups in total.